The van der Waals surface area contributed by atoms with Crippen LogP contribution in [0.1, 0.15) is 60.3 Å². The van der Waals surface area contributed by atoms with E-state index in [1.54, 1.807) is 32.1 Å². The van der Waals surface area contributed by atoms with Crippen molar-refractivity contribution >= 4 is 11.8 Å². The Balaban J connectivity index is 1.55. The summed E-state index contributed by atoms with van der Waals surface area (Å²) in [5, 5.41) is 34.4. The maximum absolute atomic E-state index is 13.7. The second kappa shape index (κ2) is 9.66. The monoisotopic (exact) mass is 586 g/mol. The number of carbonyl (C=O) groups excluding carboxylic acids is 2. The molecule has 3 saturated heterocycles. The summed E-state index contributed by atoms with van der Waals surface area (Å²) in [7, 11) is 0. The molecular weight excluding hydrogens is 544 g/mol. The number of hydrogen-bond donors (Lipinski definition) is 3. The highest BCUT2D eigenvalue weighted by atomic mass is 16.9. The topological polar surface area (TPSA) is 144 Å². The van der Waals surface area contributed by atoms with Crippen molar-refractivity contribution in [3.63, 3.8) is 0 Å². The van der Waals surface area contributed by atoms with E-state index >= 15 is 0 Å². The normalized spacial score (nSPS) is 50.0. The number of epoxide rings is 1. The Bertz CT molecular complexity index is 1290. The summed E-state index contributed by atoms with van der Waals surface area (Å²) in [6.07, 6.45) is 8.71. The average Bonchev–Trinajstić information content (AvgIpc) is 3.57. The summed E-state index contributed by atoms with van der Waals surface area (Å²) in [4.78, 5) is 26.2. The quantitative estimate of drug-likeness (QED) is 0.121. The predicted molar refractivity (Wildman–Crippen MR) is 149 cm³/mol. The lowest BCUT2D eigenvalue weighted by Crippen LogP contribution is -2.76. The van der Waals surface area contributed by atoms with Gasteiger partial charge in [-0.2, -0.15) is 0 Å². The van der Waals surface area contributed by atoms with Gasteiger partial charge in [-0.3, -0.25) is 9.59 Å². The molecule has 0 amide bonds. The molecule has 3 N–H and O–H groups in total. The Morgan fingerprint density at radius 3 is 2.55 bits per heavy atom. The van der Waals surface area contributed by atoms with Crippen LogP contribution in [0.3, 0.4) is 0 Å². The van der Waals surface area contributed by atoms with E-state index in [1.165, 1.54) is 6.92 Å². The number of esters is 1. The Morgan fingerprint density at radius 2 is 1.90 bits per heavy atom. The zero-order valence-corrected chi connectivity index (χ0v) is 24.9. The Hall–Kier alpha value is -2.18. The van der Waals surface area contributed by atoms with E-state index in [-0.39, 0.29) is 5.57 Å². The first-order valence-corrected chi connectivity index (χ1v) is 15.0. The van der Waals surface area contributed by atoms with Crippen LogP contribution in [0.5, 0.6) is 0 Å². The third-order valence-corrected chi connectivity index (χ3v) is 10.6. The molecule has 2 saturated carbocycles. The Labute approximate surface area is 246 Å². The number of unbranched alkanes of at least 4 members (excludes halogenated alkanes) is 3. The van der Waals surface area contributed by atoms with Gasteiger partial charge >= 0.3 is 11.9 Å². The van der Waals surface area contributed by atoms with Crippen molar-refractivity contribution in [3.05, 3.63) is 48.1 Å². The van der Waals surface area contributed by atoms with Gasteiger partial charge < -0.3 is 39.0 Å². The highest BCUT2D eigenvalue weighted by Gasteiger charge is 2.90. The molecule has 5 fully saturated rings. The van der Waals surface area contributed by atoms with Crippen LogP contribution in [0, 0.1) is 17.8 Å². The van der Waals surface area contributed by atoms with Crippen molar-refractivity contribution in [2.45, 2.75) is 113 Å². The van der Waals surface area contributed by atoms with Crippen molar-refractivity contribution in [3.8, 4) is 0 Å². The van der Waals surface area contributed by atoms with Gasteiger partial charge in [0.15, 0.2) is 17.0 Å². The number of hydrogen-bond acceptors (Lipinski definition) is 10. The zero-order valence-electron chi connectivity index (χ0n) is 24.9. The minimum absolute atomic E-state index is 0.248. The minimum atomic E-state index is -2.38. The lowest BCUT2D eigenvalue weighted by Gasteiger charge is -2.61. The molecule has 10 nitrogen and oxygen atoms in total. The second-order valence-corrected chi connectivity index (χ2v) is 12.9. The smallest absolute Gasteiger partial charge is 0.307 e. The second-order valence-electron chi connectivity index (χ2n) is 12.9. The number of carbonyl (C=O) groups is 2. The fraction of sp³-hybridized carbons (Fsp3) is 0.688. The molecular formula is C32H42O10. The fourth-order valence-electron chi connectivity index (χ4n) is 8.66. The average molecular weight is 587 g/mol. The summed E-state index contributed by atoms with van der Waals surface area (Å²) in [6, 6.07) is 0. The number of aliphatic hydroxyl groups is 3. The fourth-order valence-corrected chi connectivity index (χ4v) is 8.66. The number of fused-ring (bicyclic) bond motifs is 3. The largest absolute Gasteiger partial charge is 0.459 e. The third-order valence-electron chi connectivity index (χ3n) is 10.6. The maximum atomic E-state index is 13.7. The first kappa shape index (κ1) is 29.9. The number of ketones is 1. The molecule has 0 spiro atoms. The summed E-state index contributed by atoms with van der Waals surface area (Å²) in [5.74, 6) is -5.58. The Morgan fingerprint density at radius 1 is 1.17 bits per heavy atom. The molecule has 6 aliphatic rings. The third kappa shape index (κ3) is 3.51. The molecule has 0 radical (unpaired) electrons. The summed E-state index contributed by atoms with van der Waals surface area (Å²) in [6.45, 7) is 12.2. The molecule has 3 heterocycles. The number of ether oxygens (including phenoxy) is 5. The van der Waals surface area contributed by atoms with Gasteiger partial charge in [-0.1, -0.05) is 57.6 Å². The van der Waals surface area contributed by atoms with E-state index < -0.39 is 88.9 Å². The van der Waals surface area contributed by atoms with Crippen LogP contribution < -0.4 is 0 Å². The van der Waals surface area contributed by atoms with Crippen molar-refractivity contribution in [1.82, 2.24) is 0 Å². The van der Waals surface area contributed by atoms with Gasteiger partial charge in [0.2, 0.25) is 0 Å². The molecule has 42 heavy (non-hydrogen) atoms. The lowest BCUT2D eigenvalue weighted by atomic mass is 9.53. The molecule has 0 aromatic carbocycles. The van der Waals surface area contributed by atoms with Crippen LogP contribution >= 0.6 is 0 Å². The summed E-state index contributed by atoms with van der Waals surface area (Å²) < 4.78 is 32.4. The van der Waals surface area contributed by atoms with E-state index in [0.29, 0.717) is 5.57 Å². The number of aliphatic hydroxyl groups excluding tert-OH is 2. The van der Waals surface area contributed by atoms with E-state index in [2.05, 4.69) is 13.5 Å². The highest BCUT2D eigenvalue weighted by molar-refractivity contribution is 6.05. The first-order valence-electron chi connectivity index (χ1n) is 15.0. The van der Waals surface area contributed by atoms with Gasteiger partial charge in [-0.15, -0.1) is 0 Å². The summed E-state index contributed by atoms with van der Waals surface area (Å²) >= 11 is 0. The van der Waals surface area contributed by atoms with Crippen LogP contribution in [0.25, 0.3) is 0 Å². The SMILES string of the molecule is C=C(C)[C@@]12O[C@@]3(/C=C/C=C/CCCCC)O[C@@H]1[C@@H]1[C@@H]4O[C@@]4(CO)[C@@H](O)[C@]4(O)C(=O)C(C)=C[C@H]4[C@@]1(O3)[C@H](C)[C@H]2OC(C)=O. The predicted octanol–water partition coefficient (Wildman–Crippen LogP) is 2.41. The van der Waals surface area contributed by atoms with Gasteiger partial charge in [-0.25, -0.2) is 0 Å². The number of allylic oxidation sites excluding steroid dienone is 3. The molecule has 3 bridgehead atoms. The van der Waals surface area contributed by atoms with Crippen molar-refractivity contribution in [1.29, 1.82) is 0 Å². The standard InChI is InChI=1S/C32H42O10/c1-7-8-9-10-11-12-13-14-29-40-26-22-25-28(16-33,39-25)27(36)30(37)21(15-18(4)23(30)35)32(22,42-29)19(5)24(38-20(6)34)31(26,41-29)17(2)3/h11-15,19,21-22,24-27,33,36-37H,2,7-10,16H2,1,3-6H3/b12-11+,14-13+/t19-,21-,22+,24-,25+,26-,27-,28-,29-,30-,31+,32+/m1/s1. The summed E-state index contributed by atoms with van der Waals surface area (Å²) in [5.41, 5.74) is -6.12. The number of rotatable bonds is 9. The van der Waals surface area contributed by atoms with E-state index in [9.17, 15) is 24.9 Å². The van der Waals surface area contributed by atoms with Crippen LogP contribution in [-0.2, 0) is 33.3 Å². The molecule has 6 rings (SSSR count). The highest BCUT2D eigenvalue weighted by Crippen LogP contribution is 2.73. The van der Waals surface area contributed by atoms with Crippen molar-refractivity contribution in [2.75, 3.05) is 6.61 Å². The lowest BCUT2D eigenvalue weighted by molar-refractivity contribution is -0.407. The number of Topliss-reactive ketones (excluding diaryl/α,β-unsaturated/α-hetero) is 1. The molecule has 3 aliphatic heterocycles. The van der Waals surface area contributed by atoms with E-state index in [1.807, 2.05) is 19.1 Å². The maximum Gasteiger partial charge on any atom is 0.307 e. The molecule has 10 heteroatoms. The van der Waals surface area contributed by atoms with Crippen LogP contribution in [0.15, 0.2) is 48.1 Å². The van der Waals surface area contributed by atoms with Gasteiger partial charge in [-0.05, 0) is 37.8 Å². The molecule has 3 aliphatic carbocycles. The van der Waals surface area contributed by atoms with Gasteiger partial charge in [0.05, 0.1) is 12.2 Å². The molecule has 0 aromatic rings. The molecule has 230 valence electrons. The van der Waals surface area contributed by atoms with Crippen LogP contribution in [-0.4, -0.2) is 86.5 Å². The van der Waals surface area contributed by atoms with Gasteiger partial charge in [0, 0.05) is 30.8 Å². The Kier molecular flexibility index (Phi) is 6.87. The van der Waals surface area contributed by atoms with E-state index in [4.69, 9.17) is 23.7 Å². The van der Waals surface area contributed by atoms with Crippen molar-refractivity contribution < 1.29 is 48.6 Å². The van der Waals surface area contributed by atoms with E-state index in [0.717, 1.165) is 25.7 Å². The minimum Gasteiger partial charge on any atom is -0.459 e. The molecule has 0 aromatic heterocycles. The van der Waals surface area contributed by atoms with Crippen LogP contribution in [0.2, 0.25) is 0 Å². The van der Waals surface area contributed by atoms with Gasteiger partial charge in [0.25, 0.3) is 0 Å². The van der Waals surface area contributed by atoms with Gasteiger partial charge in [0.1, 0.15) is 30.0 Å². The van der Waals surface area contributed by atoms with Crippen LogP contribution in [0.4, 0.5) is 0 Å². The first-order chi connectivity index (χ1) is 19.8. The zero-order chi connectivity index (χ0) is 30.5. The molecule has 12 atom stereocenters. The molecule has 0 unspecified atom stereocenters. The van der Waals surface area contributed by atoms with Crippen molar-refractivity contribution in [2.24, 2.45) is 17.8 Å².